The van der Waals surface area contributed by atoms with Crippen LogP contribution in [0.25, 0.3) is 0 Å². The van der Waals surface area contributed by atoms with Gasteiger partial charge in [0.1, 0.15) is 0 Å². The van der Waals surface area contributed by atoms with Gasteiger partial charge in [-0.15, -0.1) is 0 Å². The van der Waals surface area contributed by atoms with Crippen molar-refractivity contribution in [2.75, 3.05) is 5.32 Å². The Balaban J connectivity index is 1.83. The highest BCUT2D eigenvalue weighted by molar-refractivity contribution is 9.10. The van der Waals surface area contributed by atoms with E-state index in [0.29, 0.717) is 17.9 Å². The first-order chi connectivity index (χ1) is 9.84. The van der Waals surface area contributed by atoms with Gasteiger partial charge in [-0.3, -0.25) is 4.98 Å². The molecule has 0 fully saturated rings. The van der Waals surface area contributed by atoms with Gasteiger partial charge in [-0.1, -0.05) is 30.4 Å². The van der Waals surface area contributed by atoms with Crippen molar-refractivity contribution in [2.45, 2.75) is 18.4 Å². The van der Waals surface area contributed by atoms with E-state index in [1.54, 1.807) is 0 Å². The predicted octanol–water partition coefficient (Wildman–Crippen LogP) is 4.67. The van der Waals surface area contributed by atoms with Gasteiger partial charge >= 0.3 is 0 Å². The lowest BCUT2D eigenvalue weighted by molar-refractivity contribution is 0.424. The summed E-state index contributed by atoms with van der Waals surface area (Å²) >= 11 is 3.68. The van der Waals surface area contributed by atoms with E-state index in [2.05, 4.69) is 62.6 Å². The van der Waals surface area contributed by atoms with Crippen molar-refractivity contribution in [3.05, 3.63) is 70.5 Å². The molecule has 20 heavy (non-hydrogen) atoms. The first-order valence-electron chi connectivity index (χ1n) is 6.96. The molecule has 4 rings (SSSR count). The average Bonchev–Trinajstić information content (AvgIpc) is 2.97. The van der Waals surface area contributed by atoms with Crippen molar-refractivity contribution >= 4 is 21.6 Å². The minimum Gasteiger partial charge on any atom is -0.377 e. The highest BCUT2D eigenvalue weighted by Crippen LogP contribution is 2.51. The van der Waals surface area contributed by atoms with Crippen LogP contribution in [0, 0.1) is 5.92 Å². The Morgan fingerprint density at radius 2 is 2.15 bits per heavy atom. The van der Waals surface area contributed by atoms with Crippen molar-refractivity contribution in [2.24, 2.45) is 5.92 Å². The first kappa shape index (κ1) is 12.2. The van der Waals surface area contributed by atoms with Crippen molar-refractivity contribution in [1.29, 1.82) is 0 Å². The van der Waals surface area contributed by atoms with Crippen LogP contribution in [0.1, 0.15) is 29.5 Å². The number of fused-ring (bicyclic) bond motifs is 3. The molecular formula is C17H15BrN2. The maximum absolute atomic E-state index is 4.28. The summed E-state index contributed by atoms with van der Waals surface area (Å²) in [7, 11) is 0. The number of para-hydroxylation sites is 1. The van der Waals surface area contributed by atoms with E-state index in [1.807, 2.05) is 18.5 Å². The van der Waals surface area contributed by atoms with E-state index in [4.69, 9.17) is 0 Å². The maximum Gasteiger partial charge on any atom is 0.0569 e. The second-order valence-corrected chi connectivity index (χ2v) is 6.32. The number of pyridine rings is 1. The van der Waals surface area contributed by atoms with Gasteiger partial charge in [-0.2, -0.15) is 0 Å². The molecule has 100 valence electrons. The number of hydrogen-bond acceptors (Lipinski definition) is 2. The average molecular weight is 327 g/mol. The topological polar surface area (TPSA) is 24.9 Å². The summed E-state index contributed by atoms with van der Waals surface area (Å²) in [5.74, 6) is 1.09. The van der Waals surface area contributed by atoms with Crippen molar-refractivity contribution < 1.29 is 0 Å². The molecule has 0 spiro atoms. The Hall–Kier alpha value is -1.61. The number of hydrogen-bond donors (Lipinski definition) is 1. The number of rotatable bonds is 1. The van der Waals surface area contributed by atoms with Gasteiger partial charge in [0.2, 0.25) is 0 Å². The Bertz CT molecular complexity index is 666. The lowest BCUT2D eigenvalue weighted by Crippen LogP contribution is -2.29. The Morgan fingerprint density at radius 3 is 3.00 bits per heavy atom. The van der Waals surface area contributed by atoms with Crippen LogP contribution >= 0.6 is 15.9 Å². The van der Waals surface area contributed by atoms with Crippen LogP contribution < -0.4 is 5.32 Å². The fourth-order valence-corrected chi connectivity index (χ4v) is 3.97. The molecule has 1 aliphatic carbocycles. The zero-order valence-electron chi connectivity index (χ0n) is 11.0. The van der Waals surface area contributed by atoms with E-state index >= 15 is 0 Å². The summed E-state index contributed by atoms with van der Waals surface area (Å²) in [6, 6.07) is 11.0. The fraction of sp³-hybridized carbons (Fsp3) is 0.235. The molecule has 1 aliphatic heterocycles. The van der Waals surface area contributed by atoms with Crippen molar-refractivity contribution in [3.63, 3.8) is 0 Å². The lowest BCUT2D eigenvalue weighted by Gasteiger charge is -2.37. The third-order valence-electron chi connectivity index (χ3n) is 4.39. The van der Waals surface area contributed by atoms with Crippen LogP contribution in [-0.2, 0) is 0 Å². The summed E-state index contributed by atoms with van der Waals surface area (Å²) < 4.78 is 1.14. The standard InChI is InChI=1S/C17H15BrN2/c18-15-8-2-7-14-12-5-1-6-13(12)16(20-17(14)15)11-4-3-9-19-10-11/h1-5,7-10,12-13,16,20H,6H2/t12-,13+,16-/m1/s1. The molecule has 0 saturated heterocycles. The number of benzene rings is 1. The minimum atomic E-state index is 0.329. The van der Waals surface area contributed by atoms with E-state index < -0.39 is 0 Å². The molecule has 0 bridgehead atoms. The Labute approximate surface area is 127 Å². The monoisotopic (exact) mass is 326 g/mol. The number of halogens is 1. The fourth-order valence-electron chi connectivity index (χ4n) is 3.47. The quantitative estimate of drug-likeness (QED) is 0.770. The summed E-state index contributed by atoms with van der Waals surface area (Å²) in [4.78, 5) is 4.28. The summed E-state index contributed by atoms with van der Waals surface area (Å²) in [6.07, 6.45) is 9.62. The zero-order valence-corrected chi connectivity index (χ0v) is 12.5. The molecule has 2 aromatic rings. The maximum atomic E-state index is 4.28. The molecule has 2 aliphatic rings. The van der Waals surface area contributed by atoms with E-state index in [-0.39, 0.29) is 0 Å². The third kappa shape index (κ3) is 1.80. The minimum absolute atomic E-state index is 0.329. The SMILES string of the molecule is Brc1cccc2c1N[C@H](c1cccnc1)[C@H]1CC=C[C@@H]21. The number of allylic oxidation sites excluding steroid dienone is 2. The predicted molar refractivity (Wildman–Crippen MR) is 84.7 cm³/mol. The number of anilines is 1. The van der Waals surface area contributed by atoms with E-state index in [1.165, 1.54) is 16.8 Å². The molecule has 0 saturated carbocycles. The van der Waals surface area contributed by atoms with Crippen LogP contribution in [0.5, 0.6) is 0 Å². The van der Waals surface area contributed by atoms with Crippen LogP contribution in [0.3, 0.4) is 0 Å². The highest BCUT2D eigenvalue weighted by Gasteiger charge is 2.38. The molecule has 3 heteroatoms. The summed E-state index contributed by atoms with van der Waals surface area (Å²) in [5, 5.41) is 3.73. The molecule has 2 nitrogen and oxygen atoms in total. The van der Waals surface area contributed by atoms with Crippen LogP contribution in [0.2, 0.25) is 0 Å². The van der Waals surface area contributed by atoms with Gasteiger partial charge in [0.05, 0.1) is 11.7 Å². The summed E-state index contributed by atoms with van der Waals surface area (Å²) in [6.45, 7) is 0. The number of aromatic nitrogens is 1. The third-order valence-corrected chi connectivity index (χ3v) is 5.05. The van der Waals surface area contributed by atoms with Gasteiger partial charge in [0.15, 0.2) is 0 Å². The molecule has 2 heterocycles. The zero-order chi connectivity index (χ0) is 13.5. The molecule has 1 aromatic carbocycles. The Morgan fingerprint density at radius 1 is 1.20 bits per heavy atom. The highest BCUT2D eigenvalue weighted by atomic mass is 79.9. The molecule has 0 amide bonds. The normalized spacial score (nSPS) is 26.8. The molecule has 1 aromatic heterocycles. The molecule has 0 unspecified atom stereocenters. The van der Waals surface area contributed by atoms with Crippen LogP contribution in [0.15, 0.2) is 59.4 Å². The Kier molecular flexibility index (Phi) is 2.88. The largest absolute Gasteiger partial charge is 0.377 e. The molecule has 0 radical (unpaired) electrons. The van der Waals surface area contributed by atoms with Gasteiger partial charge in [0.25, 0.3) is 0 Å². The number of nitrogens with zero attached hydrogens (tertiary/aromatic N) is 1. The molecule has 3 atom stereocenters. The lowest BCUT2D eigenvalue weighted by atomic mass is 9.77. The van der Waals surface area contributed by atoms with Crippen LogP contribution in [-0.4, -0.2) is 4.98 Å². The number of nitrogens with one attached hydrogen (secondary N) is 1. The first-order valence-corrected chi connectivity index (χ1v) is 7.75. The second-order valence-electron chi connectivity index (χ2n) is 5.47. The van der Waals surface area contributed by atoms with E-state index in [9.17, 15) is 0 Å². The van der Waals surface area contributed by atoms with Crippen molar-refractivity contribution in [1.82, 2.24) is 4.98 Å². The summed E-state index contributed by atoms with van der Waals surface area (Å²) in [5.41, 5.74) is 3.90. The molecule has 1 N–H and O–H groups in total. The second kappa shape index (κ2) is 4.74. The van der Waals surface area contributed by atoms with Crippen LogP contribution in [0.4, 0.5) is 5.69 Å². The van der Waals surface area contributed by atoms with Gasteiger partial charge < -0.3 is 5.32 Å². The van der Waals surface area contributed by atoms with E-state index in [0.717, 1.165) is 10.9 Å². The smallest absolute Gasteiger partial charge is 0.0569 e. The van der Waals surface area contributed by atoms with Crippen molar-refractivity contribution in [3.8, 4) is 0 Å². The van der Waals surface area contributed by atoms with Gasteiger partial charge in [-0.05, 0) is 51.5 Å². The molecular weight excluding hydrogens is 312 g/mol. The van der Waals surface area contributed by atoms with Gasteiger partial charge in [0, 0.05) is 22.8 Å². The van der Waals surface area contributed by atoms with Gasteiger partial charge in [-0.25, -0.2) is 0 Å².